The fourth-order valence-corrected chi connectivity index (χ4v) is 2.96. The van der Waals surface area contributed by atoms with Gasteiger partial charge in [0.15, 0.2) is 11.5 Å². The molecule has 170 valence electrons. The number of para-hydroxylation sites is 2. The molecule has 6 heteroatoms. The molecule has 1 rings (SSSR count). The molecule has 30 heavy (non-hydrogen) atoms. The maximum Gasteiger partial charge on any atom is 0.309 e. The Morgan fingerprint density at radius 3 is 1.40 bits per heavy atom. The minimum absolute atomic E-state index is 0.568. The van der Waals surface area contributed by atoms with Crippen LogP contribution in [0.5, 0.6) is 11.5 Å². The summed E-state index contributed by atoms with van der Waals surface area (Å²) in [7, 11) is 0. The molecule has 0 aliphatic rings. The number of aliphatic carboxylic acids is 2. The van der Waals surface area contributed by atoms with Crippen LogP contribution in [0.2, 0.25) is 0 Å². The zero-order valence-corrected chi connectivity index (χ0v) is 18.9. The predicted octanol–water partition coefficient (Wildman–Crippen LogP) is 5.79. The highest BCUT2D eigenvalue weighted by molar-refractivity contribution is 5.73. The molecular weight excluding hydrogens is 384 g/mol. The van der Waals surface area contributed by atoms with Crippen LogP contribution in [-0.4, -0.2) is 35.4 Å². The van der Waals surface area contributed by atoms with Gasteiger partial charge in [-0.1, -0.05) is 37.8 Å². The number of carboxylic acid groups (broad SMARTS) is 2. The first-order valence-corrected chi connectivity index (χ1v) is 10.9. The topological polar surface area (TPSA) is 93.1 Å². The Morgan fingerprint density at radius 2 is 1.07 bits per heavy atom. The fourth-order valence-electron chi connectivity index (χ4n) is 2.96. The van der Waals surface area contributed by atoms with E-state index in [0.717, 1.165) is 50.0 Å². The molecule has 0 aromatic heterocycles. The highest BCUT2D eigenvalue weighted by Gasteiger charge is 2.26. The number of benzene rings is 1. The SMILES string of the molecule is CC(C)(CCCCCOc1ccccc1OCCCCCC(C)(C)C(=O)O)C(=O)O. The van der Waals surface area contributed by atoms with E-state index in [2.05, 4.69) is 0 Å². The van der Waals surface area contributed by atoms with E-state index in [1.807, 2.05) is 24.3 Å². The van der Waals surface area contributed by atoms with Crippen LogP contribution in [0.3, 0.4) is 0 Å². The monoisotopic (exact) mass is 422 g/mol. The molecule has 0 amide bonds. The van der Waals surface area contributed by atoms with Gasteiger partial charge in [-0.3, -0.25) is 9.59 Å². The van der Waals surface area contributed by atoms with Gasteiger partial charge in [0.25, 0.3) is 0 Å². The van der Waals surface area contributed by atoms with E-state index in [1.165, 1.54) is 0 Å². The number of hydrogen-bond donors (Lipinski definition) is 2. The third-order valence-electron chi connectivity index (χ3n) is 5.41. The molecule has 1 aromatic rings. The number of hydrogen-bond acceptors (Lipinski definition) is 4. The smallest absolute Gasteiger partial charge is 0.309 e. The van der Waals surface area contributed by atoms with Crippen molar-refractivity contribution in [2.24, 2.45) is 10.8 Å². The van der Waals surface area contributed by atoms with Crippen LogP contribution >= 0.6 is 0 Å². The summed E-state index contributed by atoms with van der Waals surface area (Å²) in [6.45, 7) is 8.16. The van der Waals surface area contributed by atoms with Crippen molar-refractivity contribution in [1.29, 1.82) is 0 Å². The Hall–Kier alpha value is -2.24. The lowest BCUT2D eigenvalue weighted by atomic mass is 9.87. The highest BCUT2D eigenvalue weighted by Crippen LogP contribution is 2.28. The van der Waals surface area contributed by atoms with E-state index >= 15 is 0 Å². The number of carboxylic acids is 2. The van der Waals surface area contributed by atoms with E-state index in [9.17, 15) is 9.59 Å². The Bertz CT molecular complexity index is 608. The first-order chi connectivity index (χ1) is 14.1. The quantitative estimate of drug-likeness (QED) is 0.328. The molecule has 0 atom stereocenters. The van der Waals surface area contributed by atoms with Crippen LogP contribution in [0.1, 0.15) is 79.1 Å². The minimum Gasteiger partial charge on any atom is -0.490 e. The second-order valence-electron chi connectivity index (χ2n) is 9.14. The molecule has 0 aliphatic carbocycles. The van der Waals surface area contributed by atoms with Gasteiger partial charge in [-0.05, 0) is 65.5 Å². The molecule has 0 aliphatic heterocycles. The summed E-state index contributed by atoms with van der Waals surface area (Å²) >= 11 is 0. The predicted molar refractivity (Wildman–Crippen MR) is 117 cm³/mol. The Balaban J connectivity index is 2.26. The molecular formula is C24H38O6. The molecule has 0 unspecified atom stereocenters. The van der Waals surface area contributed by atoms with Crippen molar-refractivity contribution in [2.75, 3.05) is 13.2 Å². The second kappa shape index (κ2) is 12.5. The first kappa shape index (κ1) is 25.8. The molecule has 0 saturated heterocycles. The second-order valence-corrected chi connectivity index (χ2v) is 9.14. The molecule has 6 nitrogen and oxygen atoms in total. The maximum atomic E-state index is 11.1. The molecule has 0 fully saturated rings. The lowest BCUT2D eigenvalue weighted by Gasteiger charge is -2.18. The molecule has 0 radical (unpaired) electrons. The Kier molecular flexibility index (Phi) is 10.7. The van der Waals surface area contributed by atoms with E-state index in [1.54, 1.807) is 27.7 Å². The maximum absolute atomic E-state index is 11.1. The van der Waals surface area contributed by atoms with Crippen molar-refractivity contribution in [2.45, 2.75) is 79.1 Å². The van der Waals surface area contributed by atoms with Gasteiger partial charge < -0.3 is 19.7 Å². The van der Waals surface area contributed by atoms with Crippen LogP contribution in [0.15, 0.2) is 24.3 Å². The number of carbonyl (C=O) groups is 2. The summed E-state index contributed by atoms with van der Waals surface area (Å²) in [5.74, 6) is -0.0726. The summed E-state index contributed by atoms with van der Waals surface area (Å²) in [4.78, 5) is 22.2. The average Bonchev–Trinajstić information content (AvgIpc) is 2.67. The summed E-state index contributed by atoms with van der Waals surface area (Å²) in [6.07, 6.45) is 6.61. The summed E-state index contributed by atoms with van der Waals surface area (Å²) in [5.41, 5.74) is -1.35. The minimum atomic E-state index is -0.754. The van der Waals surface area contributed by atoms with E-state index in [-0.39, 0.29) is 0 Å². The van der Waals surface area contributed by atoms with E-state index < -0.39 is 22.8 Å². The van der Waals surface area contributed by atoms with Gasteiger partial charge in [0.2, 0.25) is 0 Å². The lowest BCUT2D eigenvalue weighted by molar-refractivity contribution is -0.148. The van der Waals surface area contributed by atoms with Gasteiger partial charge in [-0.15, -0.1) is 0 Å². The van der Waals surface area contributed by atoms with Crippen LogP contribution in [0.4, 0.5) is 0 Å². The lowest BCUT2D eigenvalue weighted by Crippen LogP contribution is -2.23. The zero-order valence-electron chi connectivity index (χ0n) is 18.9. The van der Waals surface area contributed by atoms with Crippen molar-refractivity contribution < 1.29 is 29.3 Å². The standard InChI is InChI=1S/C24H38O6/c1-23(2,21(25)26)15-9-5-11-17-29-19-13-7-8-14-20(19)30-18-12-6-10-16-24(3,4)22(27)28/h7-8,13-14H,5-6,9-12,15-18H2,1-4H3,(H,25,26)(H,27,28). The number of rotatable bonds is 16. The Labute approximate surface area is 180 Å². The molecule has 0 spiro atoms. The zero-order chi connectivity index (χ0) is 22.6. The van der Waals surface area contributed by atoms with Crippen LogP contribution < -0.4 is 9.47 Å². The van der Waals surface area contributed by atoms with Gasteiger partial charge in [-0.2, -0.15) is 0 Å². The van der Waals surface area contributed by atoms with Gasteiger partial charge in [0.05, 0.1) is 24.0 Å². The molecule has 0 saturated carbocycles. The summed E-state index contributed by atoms with van der Waals surface area (Å²) in [5, 5.41) is 18.3. The third-order valence-corrected chi connectivity index (χ3v) is 5.41. The summed E-state index contributed by atoms with van der Waals surface area (Å²) < 4.78 is 11.7. The van der Waals surface area contributed by atoms with E-state index in [4.69, 9.17) is 19.7 Å². The highest BCUT2D eigenvalue weighted by atomic mass is 16.5. The van der Waals surface area contributed by atoms with Gasteiger partial charge in [0, 0.05) is 0 Å². The molecule has 2 N–H and O–H groups in total. The van der Waals surface area contributed by atoms with Gasteiger partial charge in [0.1, 0.15) is 0 Å². The first-order valence-electron chi connectivity index (χ1n) is 10.9. The van der Waals surface area contributed by atoms with Crippen molar-refractivity contribution >= 4 is 11.9 Å². The molecule has 0 bridgehead atoms. The van der Waals surface area contributed by atoms with Crippen molar-refractivity contribution in [3.05, 3.63) is 24.3 Å². The molecule has 1 aromatic carbocycles. The van der Waals surface area contributed by atoms with Crippen LogP contribution in [0.25, 0.3) is 0 Å². The molecule has 0 heterocycles. The largest absolute Gasteiger partial charge is 0.490 e. The van der Waals surface area contributed by atoms with Crippen LogP contribution in [0, 0.1) is 10.8 Å². The van der Waals surface area contributed by atoms with Gasteiger partial charge in [-0.25, -0.2) is 0 Å². The summed E-state index contributed by atoms with van der Waals surface area (Å²) in [6, 6.07) is 7.59. The number of ether oxygens (including phenoxy) is 2. The fraction of sp³-hybridized carbons (Fsp3) is 0.667. The normalized spacial score (nSPS) is 11.9. The van der Waals surface area contributed by atoms with E-state index in [0.29, 0.717) is 26.1 Å². The Morgan fingerprint density at radius 1 is 0.700 bits per heavy atom. The van der Waals surface area contributed by atoms with Gasteiger partial charge >= 0.3 is 11.9 Å². The van der Waals surface area contributed by atoms with Crippen molar-refractivity contribution in [3.8, 4) is 11.5 Å². The number of unbranched alkanes of at least 4 members (excludes halogenated alkanes) is 4. The van der Waals surface area contributed by atoms with Crippen molar-refractivity contribution in [1.82, 2.24) is 0 Å². The third kappa shape index (κ3) is 9.51. The average molecular weight is 423 g/mol. The van der Waals surface area contributed by atoms with Crippen molar-refractivity contribution in [3.63, 3.8) is 0 Å². The van der Waals surface area contributed by atoms with Crippen LogP contribution in [-0.2, 0) is 9.59 Å².